The summed E-state index contributed by atoms with van der Waals surface area (Å²) in [5.41, 5.74) is 1.11. The highest BCUT2D eigenvalue weighted by Gasteiger charge is 2.06. The van der Waals surface area contributed by atoms with Crippen LogP contribution in [0, 0.1) is 0 Å². The largest absolute Gasteiger partial charge is 0.383 e. The lowest BCUT2D eigenvalue weighted by Crippen LogP contribution is -2.06. The molecule has 2 rings (SSSR count). The summed E-state index contributed by atoms with van der Waals surface area (Å²) in [5.74, 6) is 0.798. The molecule has 102 valence electrons. The topological polar surface area (TPSA) is 47.0 Å². The van der Waals surface area contributed by atoms with E-state index in [-0.39, 0.29) is 0 Å². The number of nitrogens with zero attached hydrogens (tertiary/aromatic N) is 2. The van der Waals surface area contributed by atoms with E-state index >= 15 is 0 Å². The molecule has 0 radical (unpaired) electrons. The Morgan fingerprint density at radius 1 is 1.37 bits per heavy atom. The maximum Gasteiger partial charge on any atom is 0.206 e. The number of aromatic nitrogens is 2. The number of rotatable bonds is 7. The van der Waals surface area contributed by atoms with Crippen LogP contribution in [0.15, 0.2) is 28.6 Å². The molecule has 0 aliphatic heterocycles. The smallest absolute Gasteiger partial charge is 0.206 e. The Kier molecular flexibility index (Phi) is 5.91. The van der Waals surface area contributed by atoms with Crippen molar-refractivity contribution in [2.24, 2.45) is 0 Å². The first kappa shape index (κ1) is 14.6. The molecule has 0 atom stereocenters. The minimum absolute atomic E-state index is 0.654. The van der Waals surface area contributed by atoms with E-state index in [1.165, 1.54) is 11.3 Å². The third kappa shape index (κ3) is 4.65. The van der Waals surface area contributed by atoms with Crippen molar-refractivity contribution in [3.63, 3.8) is 0 Å². The van der Waals surface area contributed by atoms with E-state index in [2.05, 4.69) is 15.5 Å². The third-order valence-electron chi connectivity index (χ3n) is 2.30. The van der Waals surface area contributed by atoms with Crippen molar-refractivity contribution in [2.75, 3.05) is 25.6 Å². The Hall–Kier alpha value is -0.820. The molecule has 0 amide bonds. The fourth-order valence-corrected chi connectivity index (χ4v) is 3.42. The highest BCUT2D eigenvalue weighted by Crippen LogP contribution is 2.30. The number of methoxy groups -OCH3 is 1. The molecule has 4 nitrogen and oxygen atoms in total. The molecule has 1 aromatic carbocycles. The highest BCUT2D eigenvalue weighted by molar-refractivity contribution is 8.00. The molecule has 0 aliphatic carbocycles. The lowest BCUT2D eigenvalue weighted by Gasteiger charge is -2.01. The van der Waals surface area contributed by atoms with Crippen LogP contribution in [-0.2, 0) is 10.5 Å². The summed E-state index contributed by atoms with van der Waals surface area (Å²) < 4.78 is 5.89. The summed E-state index contributed by atoms with van der Waals surface area (Å²) >= 11 is 9.28. The first-order valence-electron chi connectivity index (χ1n) is 5.72. The number of thioether (sulfide) groups is 1. The van der Waals surface area contributed by atoms with Crippen LogP contribution >= 0.6 is 34.7 Å². The van der Waals surface area contributed by atoms with Gasteiger partial charge in [0, 0.05) is 24.4 Å². The molecule has 0 saturated carbocycles. The standard InChI is InChI=1S/C12H14ClN3OS2/c1-17-7-6-14-11-15-16-12(19-11)18-8-9-4-2-3-5-10(9)13/h2-5H,6-8H2,1H3,(H,14,15). The van der Waals surface area contributed by atoms with E-state index in [0.29, 0.717) is 6.61 Å². The third-order valence-corrected chi connectivity index (χ3v) is 4.73. The van der Waals surface area contributed by atoms with Crippen LogP contribution in [0.25, 0.3) is 0 Å². The molecule has 0 spiro atoms. The van der Waals surface area contributed by atoms with Gasteiger partial charge >= 0.3 is 0 Å². The monoisotopic (exact) mass is 315 g/mol. The molecule has 7 heteroatoms. The van der Waals surface area contributed by atoms with E-state index < -0.39 is 0 Å². The van der Waals surface area contributed by atoms with Crippen LogP contribution in [0.3, 0.4) is 0 Å². The molecule has 0 fully saturated rings. The van der Waals surface area contributed by atoms with Gasteiger partial charge in [-0.05, 0) is 11.6 Å². The number of hydrogen-bond donors (Lipinski definition) is 1. The van der Waals surface area contributed by atoms with Gasteiger partial charge in [-0.3, -0.25) is 0 Å². The second kappa shape index (κ2) is 7.69. The van der Waals surface area contributed by atoms with E-state index in [0.717, 1.165) is 32.4 Å². The van der Waals surface area contributed by atoms with Crippen LogP contribution in [-0.4, -0.2) is 30.5 Å². The summed E-state index contributed by atoms with van der Waals surface area (Å²) in [6.07, 6.45) is 0. The van der Waals surface area contributed by atoms with Crippen molar-refractivity contribution in [1.29, 1.82) is 0 Å². The van der Waals surface area contributed by atoms with Gasteiger partial charge in [0.2, 0.25) is 5.13 Å². The summed E-state index contributed by atoms with van der Waals surface area (Å²) in [6.45, 7) is 1.39. The summed E-state index contributed by atoms with van der Waals surface area (Å²) in [6, 6.07) is 7.84. The Morgan fingerprint density at radius 2 is 2.21 bits per heavy atom. The second-order valence-electron chi connectivity index (χ2n) is 3.67. The van der Waals surface area contributed by atoms with Crippen molar-refractivity contribution in [1.82, 2.24) is 10.2 Å². The van der Waals surface area contributed by atoms with Crippen molar-refractivity contribution >= 4 is 39.8 Å². The van der Waals surface area contributed by atoms with Crippen LogP contribution < -0.4 is 5.32 Å². The molecular formula is C12H14ClN3OS2. The average molecular weight is 316 g/mol. The van der Waals surface area contributed by atoms with Gasteiger partial charge in [0.25, 0.3) is 0 Å². The number of hydrogen-bond acceptors (Lipinski definition) is 6. The van der Waals surface area contributed by atoms with Crippen LogP contribution in [0.5, 0.6) is 0 Å². The van der Waals surface area contributed by atoms with E-state index in [4.69, 9.17) is 16.3 Å². The van der Waals surface area contributed by atoms with E-state index in [1.807, 2.05) is 24.3 Å². The maximum absolute atomic E-state index is 6.11. The minimum Gasteiger partial charge on any atom is -0.383 e. The zero-order chi connectivity index (χ0) is 13.5. The molecule has 1 aromatic heterocycles. The second-order valence-corrected chi connectivity index (χ2v) is 6.28. The van der Waals surface area contributed by atoms with Gasteiger partial charge in [0.1, 0.15) is 0 Å². The summed E-state index contributed by atoms with van der Waals surface area (Å²) in [7, 11) is 1.67. The minimum atomic E-state index is 0.654. The number of benzene rings is 1. The highest BCUT2D eigenvalue weighted by atomic mass is 35.5. The van der Waals surface area contributed by atoms with Crippen LogP contribution in [0.1, 0.15) is 5.56 Å². The normalized spacial score (nSPS) is 10.6. The van der Waals surface area contributed by atoms with Gasteiger partial charge in [0.15, 0.2) is 4.34 Å². The molecule has 1 N–H and O–H groups in total. The maximum atomic E-state index is 6.11. The van der Waals surface area contributed by atoms with Crippen LogP contribution in [0.2, 0.25) is 5.02 Å². The Balaban J connectivity index is 1.85. The summed E-state index contributed by atoms with van der Waals surface area (Å²) in [4.78, 5) is 0. The van der Waals surface area contributed by atoms with Crippen molar-refractivity contribution < 1.29 is 4.74 Å². The zero-order valence-corrected chi connectivity index (χ0v) is 12.8. The lowest BCUT2D eigenvalue weighted by atomic mass is 10.2. The predicted octanol–water partition coefficient (Wildman–Crippen LogP) is 3.54. The number of anilines is 1. The first-order valence-corrected chi connectivity index (χ1v) is 7.90. The van der Waals surface area contributed by atoms with Gasteiger partial charge in [-0.15, -0.1) is 10.2 Å². The summed E-state index contributed by atoms with van der Waals surface area (Å²) in [5, 5.41) is 13.0. The van der Waals surface area contributed by atoms with Gasteiger partial charge in [-0.1, -0.05) is 52.9 Å². The molecule has 0 bridgehead atoms. The Labute approximate surface area is 125 Å². The first-order chi connectivity index (χ1) is 9.29. The fourth-order valence-electron chi connectivity index (χ4n) is 1.35. The molecule has 2 aromatic rings. The number of halogens is 1. The zero-order valence-electron chi connectivity index (χ0n) is 10.4. The van der Waals surface area contributed by atoms with Gasteiger partial charge in [0.05, 0.1) is 6.61 Å². The van der Waals surface area contributed by atoms with Crippen LogP contribution in [0.4, 0.5) is 5.13 Å². The number of nitrogens with one attached hydrogen (secondary N) is 1. The fraction of sp³-hybridized carbons (Fsp3) is 0.333. The van der Waals surface area contributed by atoms with Crippen molar-refractivity contribution in [2.45, 2.75) is 10.1 Å². The van der Waals surface area contributed by atoms with Gasteiger partial charge in [-0.2, -0.15) is 0 Å². The van der Waals surface area contributed by atoms with Gasteiger partial charge in [-0.25, -0.2) is 0 Å². The quantitative estimate of drug-likeness (QED) is 0.625. The molecule has 0 saturated heterocycles. The molecule has 19 heavy (non-hydrogen) atoms. The SMILES string of the molecule is COCCNc1nnc(SCc2ccccc2Cl)s1. The van der Waals surface area contributed by atoms with Crippen molar-refractivity contribution in [3.05, 3.63) is 34.9 Å². The lowest BCUT2D eigenvalue weighted by molar-refractivity contribution is 0.211. The molecule has 1 heterocycles. The Morgan fingerprint density at radius 3 is 3.00 bits per heavy atom. The van der Waals surface area contributed by atoms with E-state index in [1.54, 1.807) is 18.9 Å². The Bertz CT molecular complexity index is 521. The molecule has 0 unspecified atom stereocenters. The molecule has 0 aliphatic rings. The molecular weight excluding hydrogens is 302 g/mol. The van der Waals surface area contributed by atoms with Crippen molar-refractivity contribution in [3.8, 4) is 0 Å². The predicted molar refractivity (Wildman–Crippen MR) is 81.3 cm³/mol. The van der Waals surface area contributed by atoms with Gasteiger partial charge < -0.3 is 10.1 Å². The average Bonchev–Trinajstić information content (AvgIpc) is 2.86. The number of ether oxygens (including phenoxy) is 1. The van der Waals surface area contributed by atoms with E-state index in [9.17, 15) is 0 Å².